The highest BCUT2D eigenvalue weighted by Crippen LogP contribution is 2.71. The Morgan fingerprint density at radius 2 is 1.86 bits per heavy atom. The third-order valence-electron chi connectivity index (χ3n) is 11.6. The normalized spacial score (nSPS) is 41.7. The van der Waals surface area contributed by atoms with E-state index in [4.69, 9.17) is 14.2 Å². The van der Waals surface area contributed by atoms with Crippen LogP contribution in [-0.4, -0.2) is 86.3 Å². The van der Waals surface area contributed by atoms with E-state index in [9.17, 15) is 39.6 Å². The number of hydrogen-bond acceptors (Lipinski definition) is 11. The smallest absolute Gasteiger partial charge is 0.336 e. The Morgan fingerprint density at radius 3 is 2.47 bits per heavy atom. The number of allylic oxidation sites excluding steroid dienone is 4. The minimum atomic E-state index is -2.32. The first-order chi connectivity index (χ1) is 20.0. The van der Waals surface area contributed by atoms with Gasteiger partial charge in [0, 0.05) is 26.7 Å². The molecule has 5 rings (SSSR count). The van der Waals surface area contributed by atoms with Crippen LogP contribution < -0.4 is 0 Å². The maximum Gasteiger partial charge on any atom is 0.336 e. The standard InChI is InChI=1S/C32H42O11/c1-17-13-25(43-27(37)21(17)15-33)29(5,38)31(39)14-26(42-19(3)35)32(40)23-10-9-20-7-6-8-24(36)28(20,4)22(23)11-12-30(31,32)16-41-18(2)34/h6,8-9,22-23,25-26,33,38-40H,7,10-16H2,1-5H3/t22-,23+,25+,26-,28-,29-,30-,31+,32-/m0/s1. The van der Waals surface area contributed by atoms with Crippen LogP contribution in [-0.2, 0) is 33.4 Å². The van der Waals surface area contributed by atoms with Gasteiger partial charge in [-0.25, -0.2) is 4.79 Å². The second-order valence-electron chi connectivity index (χ2n) is 13.4. The van der Waals surface area contributed by atoms with E-state index in [0.717, 1.165) is 5.57 Å². The molecule has 11 heteroatoms. The van der Waals surface area contributed by atoms with Crippen molar-refractivity contribution in [2.75, 3.05) is 13.2 Å². The van der Waals surface area contributed by atoms with E-state index in [1.165, 1.54) is 20.8 Å². The predicted octanol–water partition coefficient (Wildman–Crippen LogP) is 1.60. The molecular weight excluding hydrogens is 560 g/mol. The molecule has 4 N–H and O–H groups in total. The Labute approximate surface area is 250 Å². The van der Waals surface area contributed by atoms with Crippen molar-refractivity contribution in [3.8, 4) is 0 Å². The molecule has 1 aliphatic heterocycles. The fourth-order valence-electron chi connectivity index (χ4n) is 9.18. The third kappa shape index (κ3) is 4.14. The molecule has 0 aromatic heterocycles. The molecule has 9 atom stereocenters. The average molecular weight is 603 g/mol. The van der Waals surface area contributed by atoms with Gasteiger partial charge in [0.2, 0.25) is 0 Å². The zero-order chi connectivity index (χ0) is 31.8. The number of esters is 3. The Bertz CT molecular complexity index is 1340. The van der Waals surface area contributed by atoms with Gasteiger partial charge >= 0.3 is 17.9 Å². The molecule has 4 aliphatic carbocycles. The SMILES string of the molecule is CC(=O)OC[C@]12CC[C@H]3[C@@H](CC=C4CC=CC(=O)[C@@]43C)[C@]1(O)[C@@H](OC(C)=O)C[C@@]2(O)[C@@](C)(O)[C@H]1CC(C)=C(CO)C(=O)O1. The molecule has 0 aromatic rings. The Morgan fingerprint density at radius 1 is 1.16 bits per heavy atom. The molecule has 43 heavy (non-hydrogen) atoms. The lowest BCUT2D eigenvalue weighted by molar-refractivity contribution is -0.299. The second-order valence-corrected chi connectivity index (χ2v) is 13.4. The van der Waals surface area contributed by atoms with Crippen molar-refractivity contribution in [1.29, 1.82) is 0 Å². The summed E-state index contributed by atoms with van der Waals surface area (Å²) in [5, 5.41) is 47.9. The lowest BCUT2D eigenvalue weighted by Gasteiger charge is -2.63. The van der Waals surface area contributed by atoms with Crippen molar-refractivity contribution >= 4 is 23.7 Å². The highest BCUT2D eigenvalue weighted by molar-refractivity contribution is 5.98. The quantitative estimate of drug-likeness (QED) is 0.197. The summed E-state index contributed by atoms with van der Waals surface area (Å²) in [5.74, 6) is -3.49. The first-order valence-corrected chi connectivity index (χ1v) is 14.9. The number of aliphatic hydroxyl groups excluding tert-OH is 1. The van der Waals surface area contributed by atoms with Gasteiger partial charge in [-0.05, 0) is 64.4 Å². The average Bonchev–Trinajstić information content (AvgIpc) is 3.12. The molecule has 0 unspecified atom stereocenters. The largest absolute Gasteiger partial charge is 0.465 e. The van der Waals surface area contributed by atoms with Gasteiger partial charge in [0.25, 0.3) is 0 Å². The number of ketones is 1. The molecule has 0 spiro atoms. The summed E-state index contributed by atoms with van der Waals surface area (Å²) < 4.78 is 16.9. The zero-order valence-corrected chi connectivity index (χ0v) is 25.3. The molecule has 236 valence electrons. The number of ether oxygens (including phenoxy) is 3. The predicted molar refractivity (Wildman–Crippen MR) is 150 cm³/mol. The van der Waals surface area contributed by atoms with Crippen molar-refractivity contribution < 1.29 is 53.8 Å². The highest BCUT2D eigenvalue weighted by Gasteiger charge is 2.82. The summed E-state index contributed by atoms with van der Waals surface area (Å²) in [5.41, 5.74) is -7.92. The maximum absolute atomic E-state index is 13.4. The summed E-state index contributed by atoms with van der Waals surface area (Å²) in [6.45, 7) is 6.07. The van der Waals surface area contributed by atoms with E-state index in [0.29, 0.717) is 24.8 Å². The molecule has 0 radical (unpaired) electrons. The molecule has 2 fully saturated rings. The summed E-state index contributed by atoms with van der Waals surface area (Å²) in [7, 11) is 0. The van der Waals surface area contributed by atoms with Crippen molar-refractivity contribution in [2.24, 2.45) is 22.7 Å². The molecular formula is C32H42O11. The number of hydrogen-bond donors (Lipinski definition) is 4. The van der Waals surface area contributed by atoms with Crippen molar-refractivity contribution in [1.82, 2.24) is 0 Å². The first kappa shape index (κ1) is 31.6. The van der Waals surface area contributed by atoms with Crippen LogP contribution in [0.5, 0.6) is 0 Å². The number of carbonyl (C=O) groups is 4. The second kappa shape index (κ2) is 10.4. The highest BCUT2D eigenvalue weighted by atomic mass is 16.6. The van der Waals surface area contributed by atoms with Gasteiger partial charge in [-0.1, -0.05) is 23.3 Å². The molecule has 11 nitrogen and oxygen atoms in total. The van der Waals surface area contributed by atoms with E-state index in [1.54, 1.807) is 13.0 Å². The van der Waals surface area contributed by atoms with Crippen LogP contribution in [0.4, 0.5) is 0 Å². The van der Waals surface area contributed by atoms with Gasteiger partial charge in [0.15, 0.2) is 5.78 Å². The topological polar surface area (TPSA) is 177 Å². The third-order valence-corrected chi connectivity index (χ3v) is 11.6. The van der Waals surface area contributed by atoms with Crippen molar-refractivity contribution in [3.05, 3.63) is 34.9 Å². The fraction of sp³-hybridized carbons (Fsp3) is 0.688. The van der Waals surface area contributed by atoms with Gasteiger partial charge in [0.1, 0.15) is 35.6 Å². The lowest BCUT2D eigenvalue weighted by Crippen LogP contribution is -2.75. The lowest BCUT2D eigenvalue weighted by atomic mass is 9.44. The molecule has 0 saturated heterocycles. The van der Waals surface area contributed by atoms with Crippen LogP contribution in [0.1, 0.15) is 73.1 Å². The van der Waals surface area contributed by atoms with Crippen molar-refractivity contribution in [2.45, 2.75) is 102 Å². The Balaban J connectivity index is 1.69. The molecule has 0 aromatic carbocycles. The van der Waals surface area contributed by atoms with Crippen LogP contribution in [0.3, 0.4) is 0 Å². The summed E-state index contributed by atoms with van der Waals surface area (Å²) in [4.78, 5) is 50.9. The number of fused-ring (bicyclic) bond motifs is 5. The molecule has 5 aliphatic rings. The van der Waals surface area contributed by atoms with Gasteiger partial charge in [-0.3, -0.25) is 14.4 Å². The van der Waals surface area contributed by atoms with E-state index in [1.807, 2.05) is 19.1 Å². The molecule has 2 saturated carbocycles. The maximum atomic E-state index is 13.4. The van der Waals surface area contributed by atoms with Crippen LogP contribution in [0.15, 0.2) is 34.9 Å². The van der Waals surface area contributed by atoms with Crippen LogP contribution in [0.25, 0.3) is 0 Å². The molecule has 0 bridgehead atoms. The first-order valence-electron chi connectivity index (χ1n) is 14.9. The number of aliphatic hydroxyl groups is 4. The number of rotatable bonds is 6. The fourth-order valence-corrected chi connectivity index (χ4v) is 9.18. The minimum Gasteiger partial charge on any atom is -0.465 e. The van der Waals surface area contributed by atoms with E-state index in [-0.39, 0.29) is 24.2 Å². The molecule has 0 amide bonds. The van der Waals surface area contributed by atoms with Crippen LogP contribution in [0.2, 0.25) is 0 Å². The van der Waals surface area contributed by atoms with Crippen molar-refractivity contribution in [3.63, 3.8) is 0 Å². The van der Waals surface area contributed by atoms with E-state index in [2.05, 4.69) is 0 Å². The van der Waals surface area contributed by atoms with Crippen LogP contribution in [0, 0.1) is 22.7 Å². The monoisotopic (exact) mass is 602 g/mol. The Kier molecular flexibility index (Phi) is 7.60. The number of carbonyl (C=O) groups excluding carboxylic acids is 4. The Hall–Kier alpha value is -2.86. The van der Waals surface area contributed by atoms with E-state index >= 15 is 0 Å². The van der Waals surface area contributed by atoms with Gasteiger partial charge in [-0.2, -0.15) is 0 Å². The van der Waals surface area contributed by atoms with Gasteiger partial charge in [0.05, 0.1) is 23.0 Å². The zero-order valence-electron chi connectivity index (χ0n) is 25.3. The van der Waals surface area contributed by atoms with E-state index < -0.39 is 89.2 Å². The van der Waals surface area contributed by atoms with Gasteiger partial charge < -0.3 is 34.6 Å². The minimum absolute atomic E-state index is 0.000393. The molecule has 1 heterocycles. The number of cyclic esters (lactones) is 1. The summed E-state index contributed by atoms with van der Waals surface area (Å²) >= 11 is 0. The summed E-state index contributed by atoms with van der Waals surface area (Å²) in [6.07, 6.45) is 3.36. The summed E-state index contributed by atoms with van der Waals surface area (Å²) in [6, 6.07) is 0. The van der Waals surface area contributed by atoms with Gasteiger partial charge in [-0.15, -0.1) is 0 Å². The van der Waals surface area contributed by atoms with Crippen LogP contribution >= 0.6 is 0 Å².